The van der Waals surface area contributed by atoms with Crippen LogP contribution in [0.1, 0.15) is 11.1 Å². The highest BCUT2D eigenvalue weighted by atomic mass is 35.5. The van der Waals surface area contributed by atoms with E-state index in [1.807, 2.05) is 58.7 Å². The Morgan fingerprint density at radius 3 is 2.08 bits per heavy atom. The molecule has 2 nitrogen and oxygen atoms in total. The molecule has 0 bridgehead atoms. The first-order valence-electron chi connectivity index (χ1n) is 7.86. The van der Waals surface area contributed by atoms with Gasteiger partial charge in [0.15, 0.2) is 0 Å². The van der Waals surface area contributed by atoms with Crippen LogP contribution < -0.4 is 4.74 Å². The normalized spacial score (nSPS) is 10.8. The molecule has 1 aromatic heterocycles. The van der Waals surface area contributed by atoms with E-state index in [0.717, 1.165) is 22.2 Å². The lowest BCUT2D eigenvalue weighted by atomic mass is 9.99. The first-order valence-corrected chi connectivity index (χ1v) is 9.01. The molecule has 0 amide bonds. The van der Waals surface area contributed by atoms with Crippen molar-refractivity contribution in [1.82, 2.24) is 3.96 Å². The molecule has 0 saturated heterocycles. The summed E-state index contributed by atoms with van der Waals surface area (Å²) in [6.45, 7) is 0. The highest BCUT2D eigenvalue weighted by Gasteiger charge is 2.10. The molecule has 4 aromatic rings. The van der Waals surface area contributed by atoms with Crippen molar-refractivity contribution < 1.29 is 0 Å². The van der Waals surface area contributed by atoms with Crippen LogP contribution in [-0.4, -0.2) is 3.96 Å². The van der Waals surface area contributed by atoms with Gasteiger partial charge in [-0.3, -0.25) is 8.75 Å². The van der Waals surface area contributed by atoms with E-state index >= 15 is 0 Å². The van der Waals surface area contributed by atoms with Crippen molar-refractivity contribution >= 4 is 45.8 Å². The molecule has 3 aromatic carbocycles. The van der Waals surface area contributed by atoms with Gasteiger partial charge < -0.3 is 0 Å². The highest BCUT2D eigenvalue weighted by molar-refractivity contribution is 7.05. The standard InChI is InChI=1S/C21H14ClNOS/c22-17-11-12-20-18(13-17)21(24)25-23(20)14-19(15-7-3-1-4-8-15)16-9-5-2-6-10-16/h1-14H. The second-order valence-electron chi connectivity index (χ2n) is 5.64. The predicted molar refractivity (Wildman–Crippen MR) is 107 cm³/mol. The molecule has 0 spiro atoms. The third-order valence-corrected chi connectivity index (χ3v) is 5.13. The molecule has 0 atom stereocenters. The SMILES string of the molecule is O=c1sn(C=C(c2ccccc2)c2ccccc2)c2ccc(Cl)cc12. The Hall–Kier alpha value is -2.62. The van der Waals surface area contributed by atoms with Gasteiger partial charge in [-0.2, -0.15) is 0 Å². The first-order chi connectivity index (χ1) is 12.2. The van der Waals surface area contributed by atoms with Crippen LogP contribution >= 0.6 is 23.1 Å². The lowest BCUT2D eigenvalue weighted by Crippen LogP contribution is -1.91. The number of nitrogens with zero attached hydrogens (tertiary/aromatic N) is 1. The third-order valence-electron chi connectivity index (χ3n) is 4.01. The smallest absolute Gasteiger partial charge is 0.257 e. The number of hydrogen-bond donors (Lipinski definition) is 0. The number of rotatable bonds is 3. The Labute approximate surface area is 154 Å². The van der Waals surface area contributed by atoms with Gasteiger partial charge in [0.05, 0.1) is 10.9 Å². The van der Waals surface area contributed by atoms with E-state index in [2.05, 4.69) is 24.3 Å². The summed E-state index contributed by atoms with van der Waals surface area (Å²) in [6.07, 6.45) is 2.02. The lowest BCUT2D eigenvalue weighted by molar-refractivity contribution is 1.38. The summed E-state index contributed by atoms with van der Waals surface area (Å²) in [5.41, 5.74) is 4.13. The molecule has 0 aliphatic rings. The summed E-state index contributed by atoms with van der Waals surface area (Å²) >= 11 is 7.22. The Morgan fingerprint density at radius 2 is 1.48 bits per heavy atom. The minimum Gasteiger partial charge on any atom is -0.276 e. The van der Waals surface area contributed by atoms with Crippen molar-refractivity contribution in [2.24, 2.45) is 0 Å². The molecular formula is C21H14ClNOS. The zero-order valence-corrected chi connectivity index (χ0v) is 14.8. The second-order valence-corrected chi connectivity index (χ2v) is 7.02. The fraction of sp³-hybridized carbons (Fsp3) is 0. The summed E-state index contributed by atoms with van der Waals surface area (Å²) in [5, 5.41) is 1.22. The van der Waals surface area contributed by atoms with Crippen molar-refractivity contribution in [3.63, 3.8) is 0 Å². The Bertz CT molecular complexity index is 1070. The van der Waals surface area contributed by atoms with E-state index in [-0.39, 0.29) is 4.74 Å². The zero-order valence-electron chi connectivity index (χ0n) is 13.2. The fourth-order valence-corrected chi connectivity index (χ4v) is 3.84. The van der Waals surface area contributed by atoms with Crippen LogP contribution in [0.3, 0.4) is 0 Å². The van der Waals surface area contributed by atoms with Gasteiger partial charge in [0.2, 0.25) is 0 Å². The number of hydrogen-bond acceptors (Lipinski definition) is 2. The maximum absolute atomic E-state index is 12.3. The van der Waals surface area contributed by atoms with Crippen LogP contribution in [0.5, 0.6) is 0 Å². The van der Waals surface area contributed by atoms with Gasteiger partial charge in [0, 0.05) is 16.8 Å². The summed E-state index contributed by atoms with van der Waals surface area (Å²) in [5.74, 6) is 0. The van der Waals surface area contributed by atoms with Crippen molar-refractivity contribution in [2.45, 2.75) is 0 Å². The lowest BCUT2D eigenvalue weighted by Gasteiger charge is -2.09. The Kier molecular flexibility index (Phi) is 4.26. The summed E-state index contributed by atoms with van der Waals surface area (Å²) in [4.78, 5) is 12.3. The molecule has 4 heteroatoms. The average molecular weight is 364 g/mol. The molecule has 0 aliphatic heterocycles. The van der Waals surface area contributed by atoms with Gasteiger partial charge in [0.1, 0.15) is 0 Å². The van der Waals surface area contributed by atoms with Gasteiger partial charge in [-0.05, 0) is 40.9 Å². The molecule has 0 N–H and O–H groups in total. The maximum Gasteiger partial charge on any atom is 0.257 e. The molecule has 1 heterocycles. The van der Waals surface area contributed by atoms with Crippen LogP contribution in [0.2, 0.25) is 5.02 Å². The van der Waals surface area contributed by atoms with Gasteiger partial charge in [-0.25, -0.2) is 0 Å². The summed E-state index contributed by atoms with van der Waals surface area (Å²) < 4.78 is 1.93. The predicted octanol–water partition coefficient (Wildman–Crippen LogP) is 5.76. The quantitative estimate of drug-likeness (QED) is 0.453. The molecular weight excluding hydrogens is 350 g/mol. The molecule has 122 valence electrons. The number of benzene rings is 3. The number of aromatic nitrogens is 1. The fourth-order valence-electron chi connectivity index (χ4n) is 2.82. The van der Waals surface area contributed by atoms with E-state index in [4.69, 9.17) is 11.6 Å². The van der Waals surface area contributed by atoms with Gasteiger partial charge >= 0.3 is 0 Å². The minimum absolute atomic E-state index is 0.00854. The largest absolute Gasteiger partial charge is 0.276 e. The van der Waals surface area contributed by atoms with Crippen LogP contribution in [0.15, 0.2) is 83.7 Å². The Morgan fingerprint density at radius 1 is 0.880 bits per heavy atom. The van der Waals surface area contributed by atoms with E-state index in [9.17, 15) is 4.79 Å². The van der Waals surface area contributed by atoms with Crippen LogP contribution in [-0.2, 0) is 0 Å². The molecule has 0 saturated carbocycles. The minimum atomic E-state index is 0.00854. The van der Waals surface area contributed by atoms with E-state index in [0.29, 0.717) is 10.4 Å². The van der Waals surface area contributed by atoms with Crippen molar-refractivity contribution in [2.75, 3.05) is 0 Å². The van der Waals surface area contributed by atoms with E-state index < -0.39 is 0 Å². The number of fused-ring (bicyclic) bond motifs is 1. The molecule has 4 rings (SSSR count). The van der Waals surface area contributed by atoms with E-state index in [1.165, 1.54) is 11.5 Å². The van der Waals surface area contributed by atoms with Crippen LogP contribution in [0, 0.1) is 0 Å². The maximum atomic E-state index is 12.3. The highest BCUT2D eigenvalue weighted by Crippen LogP contribution is 2.27. The zero-order chi connectivity index (χ0) is 17.2. The Balaban J connectivity index is 1.96. The van der Waals surface area contributed by atoms with Crippen molar-refractivity contribution in [3.8, 4) is 0 Å². The summed E-state index contributed by atoms with van der Waals surface area (Å²) in [7, 11) is 0. The molecule has 0 fully saturated rings. The van der Waals surface area contributed by atoms with Crippen molar-refractivity contribution in [3.05, 3.63) is 105 Å². The average Bonchev–Trinajstić information content (AvgIpc) is 2.96. The van der Waals surface area contributed by atoms with Crippen molar-refractivity contribution in [1.29, 1.82) is 0 Å². The summed E-state index contributed by atoms with van der Waals surface area (Å²) in [6, 6.07) is 25.8. The molecule has 0 radical (unpaired) electrons. The van der Waals surface area contributed by atoms with E-state index in [1.54, 1.807) is 6.07 Å². The second kappa shape index (κ2) is 6.71. The first kappa shape index (κ1) is 15.9. The third kappa shape index (κ3) is 3.16. The molecule has 0 unspecified atom stereocenters. The van der Waals surface area contributed by atoms with Crippen LogP contribution in [0.25, 0.3) is 22.7 Å². The molecule has 25 heavy (non-hydrogen) atoms. The van der Waals surface area contributed by atoms with Crippen LogP contribution in [0.4, 0.5) is 0 Å². The van der Waals surface area contributed by atoms with Gasteiger partial charge in [0.25, 0.3) is 4.74 Å². The topological polar surface area (TPSA) is 22.0 Å². The molecule has 0 aliphatic carbocycles. The van der Waals surface area contributed by atoms with Gasteiger partial charge in [-0.1, -0.05) is 72.3 Å². The van der Waals surface area contributed by atoms with Gasteiger partial charge in [-0.15, -0.1) is 0 Å². The number of halogens is 1. The monoisotopic (exact) mass is 363 g/mol.